The van der Waals surface area contributed by atoms with Crippen LogP contribution in [0.25, 0.3) is 0 Å². The summed E-state index contributed by atoms with van der Waals surface area (Å²) in [6, 6.07) is 7.14. The predicted molar refractivity (Wildman–Crippen MR) is 92.9 cm³/mol. The second kappa shape index (κ2) is 8.72. The molecule has 0 radical (unpaired) electrons. The molecule has 0 aliphatic heterocycles. The lowest BCUT2D eigenvalue weighted by atomic mass is 10.2. The number of rotatable bonds is 4. The Bertz CT molecular complexity index is 1040. The van der Waals surface area contributed by atoms with Gasteiger partial charge in [0.2, 0.25) is 5.75 Å². The zero-order chi connectivity index (χ0) is 22.6. The fraction of sp³-hybridized carbons (Fsp3) is 0.200. The molecule has 2 rings (SSSR count). The summed E-state index contributed by atoms with van der Waals surface area (Å²) in [5.41, 5.74) is -5.62. The number of phenolic OH excluding ortho intramolecular Hbond substituents is 1. The second-order valence-electron chi connectivity index (χ2n) is 5.46. The standard InChI is InChI=1S/C8H6F3NO5S.C7H7NO3/c1-5-2-3-7(6(4-5)12(13)14)17-18(15,16)8(9,10)11;1-5-2-3-7(9)6(4-5)8(10)11/h2-4H,1H3;2-4,9H,1H3. The molecule has 0 unspecified atom stereocenters. The van der Waals surface area contributed by atoms with Crippen LogP contribution in [-0.4, -0.2) is 28.9 Å². The minimum atomic E-state index is -5.92. The lowest BCUT2D eigenvalue weighted by molar-refractivity contribution is -0.385. The predicted octanol–water partition coefficient (Wildman–Crippen LogP) is 3.74. The maximum atomic E-state index is 12.0. The van der Waals surface area contributed by atoms with Gasteiger partial charge in [0.15, 0.2) is 5.75 Å². The van der Waals surface area contributed by atoms with Crippen LogP contribution < -0.4 is 4.18 Å². The summed E-state index contributed by atoms with van der Waals surface area (Å²) >= 11 is 0. The molecular formula is C15H13F3N2O8S. The maximum Gasteiger partial charge on any atom is 0.534 e. The van der Waals surface area contributed by atoms with Gasteiger partial charge in [-0.2, -0.15) is 21.6 Å². The Kier molecular flexibility index (Phi) is 7.11. The van der Waals surface area contributed by atoms with E-state index in [2.05, 4.69) is 4.18 Å². The Labute approximate surface area is 161 Å². The van der Waals surface area contributed by atoms with Crippen molar-refractivity contribution >= 4 is 21.5 Å². The van der Waals surface area contributed by atoms with Gasteiger partial charge in [-0.3, -0.25) is 20.2 Å². The van der Waals surface area contributed by atoms with Gasteiger partial charge in [-0.05, 0) is 37.1 Å². The van der Waals surface area contributed by atoms with E-state index in [1.54, 1.807) is 13.0 Å². The summed E-state index contributed by atoms with van der Waals surface area (Å²) < 4.78 is 61.3. The Morgan fingerprint density at radius 3 is 1.79 bits per heavy atom. The molecule has 14 heteroatoms. The average Bonchev–Trinajstić information content (AvgIpc) is 2.57. The van der Waals surface area contributed by atoms with Crippen LogP contribution in [0.4, 0.5) is 24.5 Å². The molecule has 0 aliphatic carbocycles. The van der Waals surface area contributed by atoms with Crippen molar-refractivity contribution in [2.45, 2.75) is 19.4 Å². The highest BCUT2D eigenvalue weighted by molar-refractivity contribution is 7.88. The molecule has 0 heterocycles. The summed E-state index contributed by atoms with van der Waals surface area (Å²) in [6.07, 6.45) is 0. The minimum absolute atomic E-state index is 0.245. The topological polar surface area (TPSA) is 150 Å². The molecule has 2 aromatic carbocycles. The molecule has 10 nitrogen and oxygen atoms in total. The zero-order valence-electron chi connectivity index (χ0n) is 14.7. The molecule has 1 N–H and O–H groups in total. The molecule has 0 spiro atoms. The van der Waals surface area contributed by atoms with Crippen LogP contribution >= 0.6 is 0 Å². The van der Waals surface area contributed by atoms with Gasteiger partial charge in [0.05, 0.1) is 9.85 Å². The van der Waals surface area contributed by atoms with E-state index >= 15 is 0 Å². The number of hydrogen-bond acceptors (Lipinski definition) is 8. The van der Waals surface area contributed by atoms with Crippen LogP contribution in [0.3, 0.4) is 0 Å². The molecule has 158 valence electrons. The van der Waals surface area contributed by atoms with Crippen molar-refractivity contribution in [1.82, 2.24) is 0 Å². The van der Waals surface area contributed by atoms with Crippen LogP contribution in [0.15, 0.2) is 36.4 Å². The van der Waals surface area contributed by atoms with Gasteiger partial charge < -0.3 is 9.29 Å². The third-order valence-corrected chi connectivity index (χ3v) is 4.09. The van der Waals surface area contributed by atoms with E-state index in [0.717, 1.165) is 17.7 Å². The largest absolute Gasteiger partial charge is 0.534 e. The van der Waals surface area contributed by atoms with E-state index in [0.29, 0.717) is 5.56 Å². The van der Waals surface area contributed by atoms with E-state index in [1.807, 2.05) is 0 Å². The van der Waals surface area contributed by atoms with Crippen LogP contribution in [-0.2, 0) is 10.1 Å². The number of alkyl halides is 3. The van der Waals surface area contributed by atoms with Gasteiger partial charge in [-0.15, -0.1) is 0 Å². The SMILES string of the molecule is Cc1ccc(O)c([N+](=O)[O-])c1.Cc1ccc(OS(=O)(=O)C(F)(F)F)c([N+](=O)[O-])c1. The number of phenols is 1. The third kappa shape index (κ3) is 6.31. The average molecular weight is 438 g/mol. The Morgan fingerprint density at radius 1 is 0.931 bits per heavy atom. The molecule has 0 bridgehead atoms. The van der Waals surface area contributed by atoms with E-state index in [1.165, 1.54) is 25.1 Å². The molecule has 29 heavy (non-hydrogen) atoms. The van der Waals surface area contributed by atoms with E-state index in [4.69, 9.17) is 5.11 Å². The zero-order valence-corrected chi connectivity index (χ0v) is 15.5. The highest BCUT2D eigenvalue weighted by Crippen LogP contribution is 2.33. The number of hydrogen-bond donors (Lipinski definition) is 1. The van der Waals surface area contributed by atoms with Crippen molar-refractivity contribution < 1.29 is 40.7 Å². The van der Waals surface area contributed by atoms with Gasteiger partial charge in [-0.1, -0.05) is 12.1 Å². The molecule has 0 atom stereocenters. The molecular weight excluding hydrogens is 425 g/mol. The number of aromatic hydroxyl groups is 1. The highest BCUT2D eigenvalue weighted by atomic mass is 32.2. The van der Waals surface area contributed by atoms with Crippen molar-refractivity contribution in [3.8, 4) is 11.5 Å². The smallest absolute Gasteiger partial charge is 0.502 e. The molecule has 0 saturated heterocycles. The summed E-state index contributed by atoms with van der Waals surface area (Å²) in [5.74, 6) is -1.27. The number of aryl methyl sites for hydroxylation is 2. The Morgan fingerprint density at radius 2 is 1.38 bits per heavy atom. The minimum Gasteiger partial charge on any atom is -0.502 e. The van der Waals surface area contributed by atoms with Crippen LogP contribution in [0.1, 0.15) is 11.1 Å². The first-order valence-electron chi connectivity index (χ1n) is 7.35. The monoisotopic (exact) mass is 438 g/mol. The fourth-order valence-electron chi connectivity index (χ4n) is 1.79. The molecule has 0 fully saturated rings. The first-order chi connectivity index (χ1) is 13.2. The molecule has 0 aliphatic rings. The quantitative estimate of drug-likeness (QED) is 0.328. The van der Waals surface area contributed by atoms with Gasteiger partial charge in [0.25, 0.3) is 0 Å². The van der Waals surface area contributed by atoms with Crippen LogP contribution in [0, 0.1) is 34.1 Å². The number of halogens is 3. The van der Waals surface area contributed by atoms with E-state index < -0.39 is 36.9 Å². The van der Waals surface area contributed by atoms with Gasteiger partial charge in [0.1, 0.15) is 0 Å². The van der Waals surface area contributed by atoms with Crippen molar-refractivity contribution in [2.24, 2.45) is 0 Å². The van der Waals surface area contributed by atoms with Gasteiger partial charge >= 0.3 is 27.0 Å². The summed E-state index contributed by atoms with van der Waals surface area (Å²) in [7, 11) is -5.92. The third-order valence-electron chi connectivity index (χ3n) is 3.12. The van der Waals surface area contributed by atoms with Crippen molar-refractivity contribution in [1.29, 1.82) is 0 Å². The number of benzene rings is 2. The Hall–Kier alpha value is -3.42. The fourth-order valence-corrected chi connectivity index (χ4v) is 2.26. The second-order valence-corrected chi connectivity index (χ2v) is 7.00. The summed E-state index contributed by atoms with van der Waals surface area (Å²) in [5, 5.41) is 29.7. The van der Waals surface area contributed by atoms with Crippen LogP contribution in [0.2, 0.25) is 0 Å². The normalized spacial score (nSPS) is 11.2. The first-order valence-corrected chi connectivity index (χ1v) is 8.76. The van der Waals surface area contributed by atoms with Crippen molar-refractivity contribution in [3.05, 3.63) is 67.8 Å². The van der Waals surface area contributed by atoms with Crippen molar-refractivity contribution in [2.75, 3.05) is 0 Å². The van der Waals surface area contributed by atoms with Crippen molar-refractivity contribution in [3.63, 3.8) is 0 Å². The number of nitro groups is 2. The Balaban J connectivity index is 0.000000326. The molecule has 0 aromatic heterocycles. The molecule has 0 saturated carbocycles. The molecule has 2 aromatic rings. The van der Waals surface area contributed by atoms with Gasteiger partial charge in [-0.25, -0.2) is 0 Å². The lowest BCUT2D eigenvalue weighted by Gasteiger charge is -2.09. The first kappa shape index (κ1) is 23.6. The van der Waals surface area contributed by atoms with Gasteiger partial charge in [0, 0.05) is 12.1 Å². The highest BCUT2D eigenvalue weighted by Gasteiger charge is 2.49. The van der Waals surface area contributed by atoms with E-state index in [-0.39, 0.29) is 11.4 Å². The maximum absolute atomic E-state index is 12.0. The summed E-state index contributed by atoms with van der Waals surface area (Å²) in [4.78, 5) is 19.1. The summed E-state index contributed by atoms with van der Waals surface area (Å²) in [6.45, 7) is 3.18. The van der Waals surface area contributed by atoms with E-state index in [9.17, 15) is 41.8 Å². The molecule has 0 amide bonds. The number of nitrogens with zero attached hydrogens (tertiary/aromatic N) is 2. The number of nitro benzene ring substituents is 2. The lowest BCUT2D eigenvalue weighted by Crippen LogP contribution is -2.28. The van der Waals surface area contributed by atoms with Crippen LogP contribution in [0.5, 0.6) is 11.5 Å².